The Kier molecular flexibility index (Phi) is 9.43. The Hall–Kier alpha value is -1.44. The van der Waals surface area contributed by atoms with Gasteiger partial charge in [-0.3, -0.25) is 9.59 Å². The summed E-state index contributed by atoms with van der Waals surface area (Å²) in [4.78, 5) is 23.6. The summed E-state index contributed by atoms with van der Waals surface area (Å²) in [6.45, 7) is 2.22. The molecule has 0 amide bonds. The van der Waals surface area contributed by atoms with E-state index in [1.165, 1.54) is 32.1 Å². The fraction of sp³-hybridized carbons (Fsp3) is 0.579. The summed E-state index contributed by atoms with van der Waals surface area (Å²) in [5, 5.41) is 0. The Morgan fingerprint density at radius 3 is 2.05 bits per heavy atom. The van der Waals surface area contributed by atoms with Gasteiger partial charge < -0.3 is 0 Å². The van der Waals surface area contributed by atoms with Gasteiger partial charge in [0.2, 0.25) is 0 Å². The van der Waals surface area contributed by atoms with Gasteiger partial charge in [0.25, 0.3) is 0 Å². The largest absolute Gasteiger partial charge is 0.300 e. The van der Waals surface area contributed by atoms with E-state index in [9.17, 15) is 9.59 Å². The molecule has 0 aliphatic heterocycles. The summed E-state index contributed by atoms with van der Waals surface area (Å²) in [6.07, 6.45) is 9.92. The van der Waals surface area contributed by atoms with Crippen LogP contribution in [0.4, 0.5) is 0 Å². The van der Waals surface area contributed by atoms with E-state index in [2.05, 4.69) is 6.92 Å². The van der Waals surface area contributed by atoms with Crippen LogP contribution >= 0.6 is 0 Å². The second-order valence-corrected chi connectivity index (χ2v) is 5.70. The third-order valence-electron chi connectivity index (χ3n) is 3.79. The van der Waals surface area contributed by atoms with E-state index < -0.39 is 0 Å². The summed E-state index contributed by atoms with van der Waals surface area (Å²) in [5.74, 6) is 0.302. The summed E-state index contributed by atoms with van der Waals surface area (Å²) in [6, 6.07) is 9.22. The minimum absolute atomic E-state index is 0.0727. The zero-order valence-electron chi connectivity index (χ0n) is 13.3. The first-order valence-corrected chi connectivity index (χ1v) is 8.34. The molecule has 0 unspecified atom stereocenters. The molecular weight excluding hydrogens is 260 g/mol. The second kappa shape index (κ2) is 11.2. The van der Waals surface area contributed by atoms with E-state index >= 15 is 0 Å². The van der Waals surface area contributed by atoms with Gasteiger partial charge in [0.1, 0.15) is 5.78 Å². The lowest BCUT2D eigenvalue weighted by atomic mass is 10.0. The van der Waals surface area contributed by atoms with E-state index in [1.807, 2.05) is 30.3 Å². The number of unbranched alkanes of at least 4 members (excludes halogenated alkanes) is 6. The summed E-state index contributed by atoms with van der Waals surface area (Å²) in [7, 11) is 0. The Bertz CT molecular complexity index is 409. The predicted octanol–water partition coefficient (Wildman–Crippen LogP) is 5.36. The monoisotopic (exact) mass is 288 g/mol. The number of rotatable bonds is 12. The van der Waals surface area contributed by atoms with Crippen LogP contribution in [0.2, 0.25) is 0 Å². The van der Waals surface area contributed by atoms with Crippen molar-refractivity contribution in [3.8, 4) is 0 Å². The van der Waals surface area contributed by atoms with Crippen LogP contribution in [-0.2, 0) is 4.79 Å². The quantitative estimate of drug-likeness (QED) is 0.383. The lowest BCUT2D eigenvalue weighted by Gasteiger charge is -2.02. The van der Waals surface area contributed by atoms with E-state index in [0.717, 1.165) is 12.8 Å². The third kappa shape index (κ3) is 8.44. The molecule has 116 valence electrons. The van der Waals surface area contributed by atoms with Crippen molar-refractivity contribution in [1.82, 2.24) is 0 Å². The molecule has 0 spiro atoms. The summed E-state index contributed by atoms with van der Waals surface area (Å²) >= 11 is 0. The van der Waals surface area contributed by atoms with Crippen LogP contribution in [0.3, 0.4) is 0 Å². The minimum atomic E-state index is 0.0727. The zero-order chi connectivity index (χ0) is 15.3. The first kappa shape index (κ1) is 17.6. The zero-order valence-corrected chi connectivity index (χ0v) is 13.3. The van der Waals surface area contributed by atoms with Crippen molar-refractivity contribution in [1.29, 1.82) is 0 Å². The van der Waals surface area contributed by atoms with Crippen LogP contribution in [0.5, 0.6) is 0 Å². The van der Waals surface area contributed by atoms with Crippen LogP contribution in [0, 0.1) is 0 Å². The van der Waals surface area contributed by atoms with Crippen LogP contribution in [0.1, 0.15) is 81.5 Å². The Morgan fingerprint density at radius 1 is 0.762 bits per heavy atom. The van der Waals surface area contributed by atoms with Crippen LogP contribution in [0.25, 0.3) is 0 Å². The molecule has 0 fully saturated rings. The van der Waals surface area contributed by atoms with Crippen molar-refractivity contribution in [2.24, 2.45) is 0 Å². The molecule has 2 nitrogen and oxygen atoms in total. The van der Waals surface area contributed by atoms with Crippen LogP contribution in [0.15, 0.2) is 30.3 Å². The number of ketones is 2. The van der Waals surface area contributed by atoms with Gasteiger partial charge in [-0.15, -0.1) is 0 Å². The number of hydrogen-bond donors (Lipinski definition) is 0. The lowest BCUT2D eigenvalue weighted by Crippen LogP contribution is -2.04. The molecule has 0 aliphatic carbocycles. The van der Waals surface area contributed by atoms with E-state index in [4.69, 9.17) is 0 Å². The Balaban J connectivity index is 2.05. The second-order valence-electron chi connectivity index (χ2n) is 5.70. The van der Waals surface area contributed by atoms with Crippen molar-refractivity contribution in [2.45, 2.75) is 71.1 Å². The smallest absolute Gasteiger partial charge is 0.163 e. The van der Waals surface area contributed by atoms with Gasteiger partial charge in [-0.2, -0.15) is 0 Å². The topological polar surface area (TPSA) is 34.1 Å². The predicted molar refractivity (Wildman–Crippen MR) is 87.6 cm³/mol. The van der Waals surface area contributed by atoms with E-state index in [1.54, 1.807) is 0 Å². The summed E-state index contributed by atoms with van der Waals surface area (Å²) in [5.41, 5.74) is 0.709. The minimum Gasteiger partial charge on any atom is -0.300 e. The molecule has 0 aliphatic rings. The highest BCUT2D eigenvalue weighted by molar-refractivity contribution is 5.98. The average molecular weight is 288 g/mol. The highest BCUT2D eigenvalue weighted by Crippen LogP contribution is 2.11. The Morgan fingerprint density at radius 2 is 1.38 bits per heavy atom. The van der Waals surface area contributed by atoms with E-state index in [-0.39, 0.29) is 11.6 Å². The SMILES string of the molecule is CCCCCCCCCC(=O)CCC(=O)c1ccccc1. The van der Waals surface area contributed by atoms with Crippen molar-refractivity contribution in [3.05, 3.63) is 35.9 Å². The van der Waals surface area contributed by atoms with Gasteiger partial charge in [-0.05, 0) is 6.42 Å². The molecule has 2 heteroatoms. The summed E-state index contributed by atoms with van der Waals surface area (Å²) < 4.78 is 0. The molecule has 0 radical (unpaired) electrons. The van der Waals surface area contributed by atoms with Gasteiger partial charge in [-0.1, -0.05) is 75.8 Å². The highest BCUT2D eigenvalue weighted by Gasteiger charge is 2.08. The molecule has 0 saturated carbocycles. The van der Waals surface area contributed by atoms with Gasteiger partial charge in [-0.25, -0.2) is 0 Å². The third-order valence-corrected chi connectivity index (χ3v) is 3.79. The number of carbonyl (C=O) groups excluding carboxylic acids is 2. The molecule has 1 aromatic rings. The molecule has 0 N–H and O–H groups in total. The maximum absolute atomic E-state index is 11.9. The number of carbonyl (C=O) groups is 2. The molecule has 1 aromatic carbocycles. The molecule has 0 atom stereocenters. The Labute approximate surface area is 128 Å². The molecule has 0 bridgehead atoms. The lowest BCUT2D eigenvalue weighted by molar-refractivity contribution is -0.119. The molecule has 0 saturated heterocycles. The van der Waals surface area contributed by atoms with Crippen molar-refractivity contribution >= 4 is 11.6 Å². The fourth-order valence-electron chi connectivity index (χ4n) is 2.43. The number of hydrogen-bond acceptors (Lipinski definition) is 2. The van der Waals surface area contributed by atoms with E-state index in [0.29, 0.717) is 24.8 Å². The normalized spacial score (nSPS) is 10.5. The van der Waals surface area contributed by atoms with Gasteiger partial charge >= 0.3 is 0 Å². The molecular formula is C19H28O2. The van der Waals surface area contributed by atoms with Crippen molar-refractivity contribution < 1.29 is 9.59 Å². The first-order valence-electron chi connectivity index (χ1n) is 8.34. The van der Waals surface area contributed by atoms with Crippen molar-refractivity contribution in [2.75, 3.05) is 0 Å². The van der Waals surface area contributed by atoms with Crippen molar-refractivity contribution in [3.63, 3.8) is 0 Å². The number of Topliss-reactive ketones (excluding diaryl/α,β-unsaturated/α-hetero) is 2. The highest BCUT2D eigenvalue weighted by atomic mass is 16.1. The molecule has 1 rings (SSSR count). The van der Waals surface area contributed by atoms with Gasteiger partial charge in [0, 0.05) is 24.8 Å². The average Bonchev–Trinajstić information content (AvgIpc) is 2.52. The van der Waals surface area contributed by atoms with Crippen LogP contribution < -0.4 is 0 Å². The molecule has 0 aromatic heterocycles. The fourth-order valence-corrected chi connectivity index (χ4v) is 2.43. The first-order chi connectivity index (χ1) is 10.2. The van der Waals surface area contributed by atoms with Gasteiger partial charge in [0.15, 0.2) is 5.78 Å². The maximum atomic E-state index is 11.9. The standard InChI is InChI=1S/C19H28O2/c1-2-3-4-5-6-7-11-14-18(20)15-16-19(21)17-12-9-8-10-13-17/h8-10,12-13H,2-7,11,14-16H2,1H3. The van der Waals surface area contributed by atoms with Gasteiger partial charge in [0.05, 0.1) is 0 Å². The maximum Gasteiger partial charge on any atom is 0.163 e. The molecule has 21 heavy (non-hydrogen) atoms. The number of benzene rings is 1. The van der Waals surface area contributed by atoms with Crippen LogP contribution in [-0.4, -0.2) is 11.6 Å². The molecule has 0 heterocycles.